The molecule has 0 saturated carbocycles. The van der Waals surface area contributed by atoms with Crippen LogP contribution in [0.1, 0.15) is 18.1 Å². The van der Waals surface area contributed by atoms with Crippen LogP contribution in [0.2, 0.25) is 0 Å². The number of phenolic OH excluding ortho intramolecular Hbond substituents is 1. The number of rotatable bonds is 3. The number of aromatic hydroxyl groups is 1. The third-order valence-electron chi connectivity index (χ3n) is 3.39. The van der Waals surface area contributed by atoms with Crippen LogP contribution in [0.4, 0.5) is 0 Å². The molecule has 0 bridgehead atoms. The van der Waals surface area contributed by atoms with Gasteiger partial charge in [-0.1, -0.05) is 30.4 Å². The Labute approximate surface area is 123 Å². The van der Waals surface area contributed by atoms with E-state index in [9.17, 15) is 5.11 Å². The molecule has 4 heteroatoms. The first-order chi connectivity index (χ1) is 10.2. The van der Waals surface area contributed by atoms with Crippen LogP contribution in [0, 0.1) is 6.92 Å². The van der Waals surface area contributed by atoms with Gasteiger partial charge in [-0.2, -0.15) is 0 Å². The van der Waals surface area contributed by atoms with E-state index < -0.39 is 0 Å². The molecule has 0 unspecified atom stereocenters. The molecule has 0 spiro atoms. The SMILES string of the molecule is C/C=C/Cc1cc(C)cc(-n2nc3ccccc3n2)c1O. The van der Waals surface area contributed by atoms with Gasteiger partial charge in [0, 0.05) is 5.56 Å². The van der Waals surface area contributed by atoms with Crippen molar-refractivity contribution >= 4 is 11.0 Å². The lowest BCUT2D eigenvalue weighted by Crippen LogP contribution is -2.01. The highest BCUT2D eigenvalue weighted by Crippen LogP contribution is 2.28. The molecular formula is C17H17N3O. The Balaban J connectivity index is 2.14. The van der Waals surface area contributed by atoms with Crippen molar-refractivity contribution in [3.05, 3.63) is 59.7 Å². The number of aryl methyl sites for hydroxylation is 1. The molecule has 0 aliphatic carbocycles. The lowest BCUT2D eigenvalue weighted by Gasteiger charge is -2.09. The Bertz CT molecular complexity index is 785. The van der Waals surface area contributed by atoms with Gasteiger partial charge in [0.15, 0.2) is 0 Å². The van der Waals surface area contributed by atoms with Crippen LogP contribution < -0.4 is 0 Å². The number of phenols is 1. The van der Waals surface area contributed by atoms with Crippen molar-refractivity contribution in [3.63, 3.8) is 0 Å². The van der Waals surface area contributed by atoms with E-state index in [0.29, 0.717) is 12.1 Å². The molecule has 2 aromatic carbocycles. The Kier molecular flexibility index (Phi) is 3.44. The molecule has 0 radical (unpaired) electrons. The number of hydrogen-bond donors (Lipinski definition) is 1. The minimum Gasteiger partial charge on any atom is -0.505 e. The first-order valence-electron chi connectivity index (χ1n) is 6.95. The zero-order valence-electron chi connectivity index (χ0n) is 12.1. The third-order valence-corrected chi connectivity index (χ3v) is 3.39. The van der Waals surface area contributed by atoms with E-state index in [1.807, 2.05) is 62.4 Å². The third kappa shape index (κ3) is 2.52. The molecule has 1 N–H and O–H groups in total. The molecule has 4 nitrogen and oxygen atoms in total. The fourth-order valence-corrected chi connectivity index (χ4v) is 2.35. The van der Waals surface area contributed by atoms with Crippen molar-refractivity contribution in [2.75, 3.05) is 0 Å². The first kappa shape index (κ1) is 13.4. The molecule has 0 amide bonds. The molecule has 0 fully saturated rings. The first-order valence-corrected chi connectivity index (χ1v) is 6.95. The normalized spacial score (nSPS) is 11.5. The second-order valence-electron chi connectivity index (χ2n) is 5.04. The van der Waals surface area contributed by atoms with Crippen molar-refractivity contribution in [2.24, 2.45) is 0 Å². The number of aromatic nitrogens is 3. The van der Waals surface area contributed by atoms with E-state index in [2.05, 4.69) is 10.2 Å². The van der Waals surface area contributed by atoms with Crippen molar-refractivity contribution in [2.45, 2.75) is 20.3 Å². The van der Waals surface area contributed by atoms with Crippen LogP contribution in [0.25, 0.3) is 16.7 Å². The molecule has 3 rings (SSSR count). The average Bonchev–Trinajstić information content (AvgIpc) is 2.91. The van der Waals surface area contributed by atoms with E-state index in [-0.39, 0.29) is 5.75 Å². The molecule has 0 saturated heterocycles. The molecular weight excluding hydrogens is 262 g/mol. The monoisotopic (exact) mass is 279 g/mol. The summed E-state index contributed by atoms with van der Waals surface area (Å²) >= 11 is 0. The van der Waals surface area contributed by atoms with E-state index in [1.165, 1.54) is 4.80 Å². The van der Waals surface area contributed by atoms with Gasteiger partial charge in [0.05, 0.1) is 0 Å². The Morgan fingerprint density at radius 3 is 2.43 bits per heavy atom. The average molecular weight is 279 g/mol. The standard InChI is InChI=1S/C17H17N3O/c1-3-4-7-13-10-12(2)11-16(17(13)21)20-18-14-8-5-6-9-15(14)19-20/h3-6,8-11,21H,7H2,1-2H3/b4-3+. The predicted octanol–water partition coefficient (Wildman–Crippen LogP) is 3.55. The van der Waals surface area contributed by atoms with Gasteiger partial charge in [-0.25, -0.2) is 0 Å². The summed E-state index contributed by atoms with van der Waals surface area (Å²) < 4.78 is 0. The van der Waals surface area contributed by atoms with Gasteiger partial charge in [-0.15, -0.1) is 15.0 Å². The highest BCUT2D eigenvalue weighted by Gasteiger charge is 2.12. The number of benzene rings is 2. The van der Waals surface area contributed by atoms with Crippen molar-refractivity contribution in [1.82, 2.24) is 15.0 Å². The number of fused-ring (bicyclic) bond motifs is 1. The second-order valence-corrected chi connectivity index (χ2v) is 5.04. The van der Waals surface area contributed by atoms with Gasteiger partial charge in [0.25, 0.3) is 0 Å². The second kappa shape index (κ2) is 5.40. The summed E-state index contributed by atoms with van der Waals surface area (Å²) in [4.78, 5) is 1.51. The summed E-state index contributed by atoms with van der Waals surface area (Å²) in [6, 6.07) is 11.6. The number of nitrogens with zero attached hydrogens (tertiary/aromatic N) is 3. The maximum absolute atomic E-state index is 10.5. The molecule has 106 valence electrons. The maximum atomic E-state index is 10.5. The van der Waals surface area contributed by atoms with Crippen molar-refractivity contribution < 1.29 is 5.11 Å². The summed E-state index contributed by atoms with van der Waals surface area (Å²) in [5.74, 6) is 0.235. The highest BCUT2D eigenvalue weighted by atomic mass is 16.3. The van der Waals surface area contributed by atoms with Gasteiger partial charge in [0.2, 0.25) is 0 Å². The maximum Gasteiger partial charge on any atom is 0.146 e. The van der Waals surface area contributed by atoms with Crippen molar-refractivity contribution in [3.8, 4) is 11.4 Å². The van der Waals surface area contributed by atoms with Crippen LogP contribution in [0.3, 0.4) is 0 Å². The summed E-state index contributed by atoms with van der Waals surface area (Å²) in [5, 5.41) is 19.4. The van der Waals surface area contributed by atoms with Crippen LogP contribution in [0.15, 0.2) is 48.6 Å². The Morgan fingerprint density at radius 2 is 1.81 bits per heavy atom. The van der Waals surface area contributed by atoms with Gasteiger partial charge in [-0.3, -0.25) is 0 Å². The summed E-state index contributed by atoms with van der Waals surface area (Å²) in [6.45, 7) is 3.97. The zero-order valence-corrected chi connectivity index (χ0v) is 12.1. The van der Waals surface area contributed by atoms with Crippen LogP contribution in [-0.4, -0.2) is 20.1 Å². The van der Waals surface area contributed by atoms with E-state index in [0.717, 1.165) is 22.2 Å². The molecule has 0 aliphatic heterocycles. The van der Waals surface area contributed by atoms with Gasteiger partial charge in [0.1, 0.15) is 22.5 Å². The lowest BCUT2D eigenvalue weighted by molar-refractivity contribution is 0.462. The van der Waals surface area contributed by atoms with Gasteiger partial charge in [-0.05, 0) is 44.0 Å². The summed E-state index contributed by atoms with van der Waals surface area (Å²) in [7, 11) is 0. The van der Waals surface area contributed by atoms with E-state index >= 15 is 0 Å². The molecule has 21 heavy (non-hydrogen) atoms. The largest absolute Gasteiger partial charge is 0.505 e. The Hall–Kier alpha value is -2.62. The quantitative estimate of drug-likeness (QED) is 0.746. The fourth-order valence-electron chi connectivity index (χ4n) is 2.35. The smallest absolute Gasteiger partial charge is 0.146 e. The van der Waals surface area contributed by atoms with Crippen LogP contribution >= 0.6 is 0 Å². The summed E-state index contributed by atoms with van der Waals surface area (Å²) in [6.07, 6.45) is 4.69. The van der Waals surface area contributed by atoms with E-state index in [1.54, 1.807) is 0 Å². The Morgan fingerprint density at radius 1 is 1.14 bits per heavy atom. The molecule has 1 aromatic heterocycles. The molecule has 1 heterocycles. The molecule has 0 atom stereocenters. The predicted molar refractivity (Wildman–Crippen MR) is 83.8 cm³/mol. The fraction of sp³-hybridized carbons (Fsp3) is 0.176. The van der Waals surface area contributed by atoms with Gasteiger partial charge >= 0.3 is 0 Å². The minimum absolute atomic E-state index is 0.235. The minimum atomic E-state index is 0.235. The molecule has 3 aromatic rings. The number of hydrogen-bond acceptors (Lipinski definition) is 3. The van der Waals surface area contributed by atoms with E-state index in [4.69, 9.17) is 0 Å². The van der Waals surface area contributed by atoms with Crippen molar-refractivity contribution in [1.29, 1.82) is 0 Å². The number of allylic oxidation sites excluding steroid dienone is 2. The van der Waals surface area contributed by atoms with Crippen LogP contribution in [-0.2, 0) is 6.42 Å². The molecule has 0 aliphatic rings. The summed E-state index contributed by atoms with van der Waals surface area (Å²) in [5.41, 5.74) is 4.20. The lowest BCUT2D eigenvalue weighted by atomic mass is 10.1. The topological polar surface area (TPSA) is 50.9 Å². The highest BCUT2D eigenvalue weighted by molar-refractivity contribution is 5.73. The zero-order chi connectivity index (χ0) is 14.8. The van der Waals surface area contributed by atoms with Gasteiger partial charge < -0.3 is 5.11 Å². The van der Waals surface area contributed by atoms with Crippen LogP contribution in [0.5, 0.6) is 5.75 Å².